The first-order valence-corrected chi connectivity index (χ1v) is 6.47. The number of para-hydroxylation sites is 1. The second kappa shape index (κ2) is 6.22. The smallest absolute Gasteiger partial charge is 0.411 e. The molecule has 2 N–H and O–H groups in total. The summed E-state index contributed by atoms with van der Waals surface area (Å²) in [6, 6.07) is 6.27. The molecule has 1 saturated carbocycles. The number of rotatable bonds is 3. The zero-order chi connectivity index (χ0) is 13.7. The molecule has 1 aromatic rings. The fourth-order valence-corrected chi connectivity index (χ4v) is 2.25. The summed E-state index contributed by atoms with van der Waals surface area (Å²) in [6.45, 7) is 0. The lowest BCUT2D eigenvalue weighted by Gasteiger charge is -2.22. The van der Waals surface area contributed by atoms with Crippen molar-refractivity contribution in [3.05, 3.63) is 29.8 Å². The Morgan fingerprint density at radius 3 is 2.53 bits per heavy atom. The maximum Gasteiger partial charge on any atom is 0.411 e. The summed E-state index contributed by atoms with van der Waals surface area (Å²) in [5.74, 6) is -1.08. The predicted molar refractivity (Wildman–Crippen MR) is 70.4 cm³/mol. The van der Waals surface area contributed by atoms with Gasteiger partial charge in [-0.1, -0.05) is 18.6 Å². The maximum absolute atomic E-state index is 11.7. The van der Waals surface area contributed by atoms with E-state index in [1.807, 2.05) is 0 Å². The first kappa shape index (κ1) is 13.4. The van der Waals surface area contributed by atoms with Crippen molar-refractivity contribution in [2.75, 3.05) is 5.32 Å². The molecule has 1 amide bonds. The van der Waals surface area contributed by atoms with Crippen molar-refractivity contribution in [2.24, 2.45) is 0 Å². The second-order valence-electron chi connectivity index (χ2n) is 4.64. The number of carbonyl (C=O) groups is 2. The zero-order valence-corrected chi connectivity index (χ0v) is 10.6. The van der Waals surface area contributed by atoms with Crippen LogP contribution in [0.2, 0.25) is 0 Å². The van der Waals surface area contributed by atoms with E-state index in [-0.39, 0.29) is 17.4 Å². The third kappa shape index (κ3) is 3.71. The van der Waals surface area contributed by atoms with Gasteiger partial charge in [-0.05, 0) is 37.8 Å². The Morgan fingerprint density at radius 2 is 1.84 bits per heavy atom. The second-order valence-corrected chi connectivity index (χ2v) is 4.64. The fraction of sp³-hybridized carbons (Fsp3) is 0.429. The zero-order valence-electron chi connectivity index (χ0n) is 10.6. The van der Waals surface area contributed by atoms with E-state index in [0.29, 0.717) is 0 Å². The van der Waals surface area contributed by atoms with Gasteiger partial charge in [0.25, 0.3) is 0 Å². The number of anilines is 1. The van der Waals surface area contributed by atoms with E-state index in [1.165, 1.54) is 12.5 Å². The minimum atomic E-state index is -1.08. The predicted octanol–water partition coefficient (Wildman–Crippen LogP) is 3.27. The van der Waals surface area contributed by atoms with Gasteiger partial charge in [-0.3, -0.25) is 5.32 Å². The molecule has 1 aliphatic rings. The van der Waals surface area contributed by atoms with Gasteiger partial charge in [0.1, 0.15) is 6.10 Å². The van der Waals surface area contributed by atoms with E-state index in [2.05, 4.69) is 5.32 Å². The Labute approximate surface area is 111 Å². The average Bonchev–Trinajstić information content (AvgIpc) is 2.40. The molecule has 19 heavy (non-hydrogen) atoms. The number of aromatic carboxylic acids is 1. The number of carboxylic acids is 1. The Hall–Kier alpha value is -2.04. The first-order valence-electron chi connectivity index (χ1n) is 6.47. The Kier molecular flexibility index (Phi) is 4.39. The van der Waals surface area contributed by atoms with Crippen LogP contribution in [0.4, 0.5) is 10.5 Å². The van der Waals surface area contributed by atoms with Gasteiger partial charge in [-0.2, -0.15) is 0 Å². The molecule has 1 aromatic carbocycles. The summed E-state index contributed by atoms with van der Waals surface area (Å²) in [7, 11) is 0. The van der Waals surface area contributed by atoms with Gasteiger partial charge in [0.15, 0.2) is 0 Å². The van der Waals surface area contributed by atoms with Crippen molar-refractivity contribution >= 4 is 17.7 Å². The molecule has 5 heteroatoms. The lowest BCUT2D eigenvalue weighted by molar-refractivity contribution is 0.0698. The van der Waals surface area contributed by atoms with Crippen LogP contribution < -0.4 is 5.32 Å². The molecule has 0 saturated heterocycles. The molecule has 1 aliphatic carbocycles. The highest BCUT2D eigenvalue weighted by molar-refractivity contribution is 5.98. The summed E-state index contributed by atoms with van der Waals surface area (Å²) in [4.78, 5) is 22.7. The average molecular weight is 263 g/mol. The van der Waals surface area contributed by atoms with Crippen LogP contribution in [-0.2, 0) is 4.74 Å². The van der Waals surface area contributed by atoms with E-state index >= 15 is 0 Å². The van der Waals surface area contributed by atoms with Crippen LogP contribution in [-0.4, -0.2) is 23.3 Å². The number of carbonyl (C=O) groups excluding carboxylic acids is 1. The number of benzene rings is 1. The molecular formula is C14H17NO4. The van der Waals surface area contributed by atoms with Crippen LogP contribution in [0, 0.1) is 0 Å². The molecule has 102 valence electrons. The summed E-state index contributed by atoms with van der Waals surface area (Å²) in [6.07, 6.45) is 4.46. The van der Waals surface area contributed by atoms with Crippen LogP contribution in [0.15, 0.2) is 24.3 Å². The summed E-state index contributed by atoms with van der Waals surface area (Å²) in [5.41, 5.74) is 0.318. The van der Waals surface area contributed by atoms with Gasteiger partial charge in [-0.15, -0.1) is 0 Å². The number of carboxylic acid groups (broad SMARTS) is 1. The molecule has 0 heterocycles. The minimum Gasteiger partial charge on any atom is -0.478 e. The molecule has 0 atom stereocenters. The Balaban J connectivity index is 1.96. The largest absolute Gasteiger partial charge is 0.478 e. The van der Waals surface area contributed by atoms with E-state index in [1.54, 1.807) is 18.2 Å². The molecule has 0 bridgehead atoms. The van der Waals surface area contributed by atoms with E-state index in [9.17, 15) is 9.59 Å². The minimum absolute atomic E-state index is 0.0502. The van der Waals surface area contributed by atoms with Gasteiger partial charge in [0, 0.05) is 0 Å². The SMILES string of the molecule is O=C(Nc1ccccc1C(=O)O)OC1CCCCC1. The van der Waals surface area contributed by atoms with Crippen LogP contribution in [0.25, 0.3) is 0 Å². The monoisotopic (exact) mass is 263 g/mol. The molecule has 1 fully saturated rings. The van der Waals surface area contributed by atoms with Gasteiger partial charge in [-0.25, -0.2) is 9.59 Å². The van der Waals surface area contributed by atoms with Gasteiger partial charge < -0.3 is 9.84 Å². The molecule has 0 aliphatic heterocycles. The van der Waals surface area contributed by atoms with Crippen LogP contribution in [0.1, 0.15) is 42.5 Å². The molecule has 2 rings (SSSR count). The van der Waals surface area contributed by atoms with Crippen molar-refractivity contribution in [3.8, 4) is 0 Å². The topological polar surface area (TPSA) is 75.6 Å². The van der Waals surface area contributed by atoms with Crippen LogP contribution in [0.3, 0.4) is 0 Å². The molecule has 5 nitrogen and oxygen atoms in total. The summed E-state index contributed by atoms with van der Waals surface area (Å²) in [5, 5.41) is 11.5. The van der Waals surface area contributed by atoms with Crippen molar-refractivity contribution < 1.29 is 19.4 Å². The van der Waals surface area contributed by atoms with E-state index in [0.717, 1.165) is 25.7 Å². The van der Waals surface area contributed by atoms with Crippen molar-refractivity contribution in [1.29, 1.82) is 0 Å². The van der Waals surface area contributed by atoms with E-state index < -0.39 is 12.1 Å². The van der Waals surface area contributed by atoms with Crippen molar-refractivity contribution in [1.82, 2.24) is 0 Å². The molecule has 0 spiro atoms. The van der Waals surface area contributed by atoms with Gasteiger partial charge in [0.2, 0.25) is 0 Å². The normalized spacial score (nSPS) is 15.8. The number of nitrogens with one attached hydrogen (secondary N) is 1. The van der Waals surface area contributed by atoms with Crippen molar-refractivity contribution in [3.63, 3.8) is 0 Å². The Bertz CT molecular complexity index is 466. The third-order valence-electron chi connectivity index (χ3n) is 3.22. The number of hydrogen-bond acceptors (Lipinski definition) is 3. The highest BCUT2D eigenvalue weighted by atomic mass is 16.6. The lowest BCUT2D eigenvalue weighted by atomic mass is 9.98. The maximum atomic E-state index is 11.7. The third-order valence-corrected chi connectivity index (χ3v) is 3.22. The molecule has 0 aromatic heterocycles. The molecular weight excluding hydrogens is 246 g/mol. The first-order chi connectivity index (χ1) is 9.16. The lowest BCUT2D eigenvalue weighted by Crippen LogP contribution is -2.25. The quantitative estimate of drug-likeness (QED) is 0.877. The van der Waals surface area contributed by atoms with Crippen molar-refractivity contribution in [2.45, 2.75) is 38.2 Å². The standard InChI is InChI=1S/C14H17NO4/c16-13(17)11-8-4-5-9-12(11)15-14(18)19-10-6-2-1-3-7-10/h4-5,8-10H,1-3,6-7H2,(H,15,18)(H,16,17). The van der Waals surface area contributed by atoms with Gasteiger partial charge >= 0.3 is 12.1 Å². The van der Waals surface area contributed by atoms with Crippen LogP contribution in [0.5, 0.6) is 0 Å². The number of amides is 1. The highest BCUT2D eigenvalue weighted by Gasteiger charge is 2.19. The summed E-state index contributed by atoms with van der Waals surface area (Å²) >= 11 is 0. The van der Waals surface area contributed by atoms with E-state index in [4.69, 9.17) is 9.84 Å². The highest BCUT2D eigenvalue weighted by Crippen LogP contribution is 2.21. The van der Waals surface area contributed by atoms with Crippen LogP contribution >= 0.6 is 0 Å². The molecule has 0 unspecified atom stereocenters. The Morgan fingerprint density at radius 1 is 1.16 bits per heavy atom. The summed E-state index contributed by atoms with van der Waals surface area (Å²) < 4.78 is 5.29. The fourth-order valence-electron chi connectivity index (χ4n) is 2.25. The number of hydrogen-bond donors (Lipinski definition) is 2. The van der Waals surface area contributed by atoms with Gasteiger partial charge in [0.05, 0.1) is 11.3 Å². The number of ether oxygens (including phenoxy) is 1. The molecule has 0 radical (unpaired) electrons.